The van der Waals surface area contributed by atoms with Crippen LogP contribution in [-0.4, -0.2) is 53.2 Å². The Labute approximate surface area is 213 Å². The topological polar surface area (TPSA) is 102 Å². The lowest BCUT2D eigenvalue weighted by Gasteiger charge is -2.34. The molecule has 1 fully saturated rings. The van der Waals surface area contributed by atoms with Crippen molar-refractivity contribution in [3.8, 4) is 5.88 Å². The number of pyridine rings is 2. The molecule has 186 valence electrons. The van der Waals surface area contributed by atoms with Gasteiger partial charge in [-0.25, -0.2) is 22.8 Å². The first-order chi connectivity index (χ1) is 17.3. The smallest absolute Gasteiger partial charge is 0.346 e. The van der Waals surface area contributed by atoms with Gasteiger partial charge in [-0.3, -0.25) is 4.90 Å². The highest BCUT2D eigenvalue weighted by Crippen LogP contribution is 2.19. The van der Waals surface area contributed by atoms with E-state index in [1.54, 1.807) is 77.6 Å². The van der Waals surface area contributed by atoms with Gasteiger partial charge in [0.2, 0.25) is 10.0 Å². The Morgan fingerprint density at radius 1 is 0.972 bits per heavy atom. The molecule has 0 atom stereocenters. The van der Waals surface area contributed by atoms with Crippen LogP contribution in [0.15, 0.2) is 82.7 Å². The van der Waals surface area contributed by atoms with Gasteiger partial charge in [0.1, 0.15) is 11.7 Å². The van der Waals surface area contributed by atoms with Crippen molar-refractivity contribution in [2.75, 3.05) is 26.2 Å². The van der Waals surface area contributed by atoms with Crippen molar-refractivity contribution >= 4 is 27.3 Å². The molecule has 4 aromatic rings. The average molecular weight is 526 g/mol. The maximum atomic E-state index is 13.5. The van der Waals surface area contributed by atoms with Crippen molar-refractivity contribution < 1.29 is 18.1 Å². The lowest BCUT2D eigenvalue weighted by atomic mass is 10.2. The second kappa shape index (κ2) is 9.98. The third-order valence-electron chi connectivity index (χ3n) is 6.32. The van der Waals surface area contributed by atoms with Crippen LogP contribution in [0.3, 0.4) is 0 Å². The molecule has 1 saturated heterocycles. The molecule has 0 spiro atoms. The van der Waals surface area contributed by atoms with Crippen LogP contribution < -0.4 is 15.2 Å². The Bertz CT molecular complexity index is 1550. The van der Waals surface area contributed by atoms with Crippen LogP contribution in [0.5, 0.6) is 5.88 Å². The Morgan fingerprint density at radius 2 is 1.69 bits per heavy atom. The molecule has 36 heavy (non-hydrogen) atoms. The number of nitrogens with zero attached hydrogens (tertiary/aromatic N) is 5. The summed E-state index contributed by atoms with van der Waals surface area (Å²) in [7, 11) is -3.59. The number of aromatic nitrogens is 3. The number of rotatable bonds is 6. The molecule has 0 N–H and O–H groups in total. The molecule has 4 heterocycles. The minimum absolute atomic E-state index is 0.133. The molecule has 1 aliphatic heterocycles. The molecule has 0 radical (unpaired) electrons. The maximum absolute atomic E-state index is 13.5. The van der Waals surface area contributed by atoms with Crippen molar-refractivity contribution in [3.05, 3.63) is 99.7 Å². The summed E-state index contributed by atoms with van der Waals surface area (Å²) in [6.07, 6.45) is 3.24. The van der Waals surface area contributed by atoms with Gasteiger partial charge in [-0.05, 0) is 24.3 Å². The summed E-state index contributed by atoms with van der Waals surface area (Å²) in [6, 6.07) is 17.0. The normalized spacial score (nSPS) is 15.4. The fourth-order valence-electron chi connectivity index (χ4n) is 4.39. The van der Waals surface area contributed by atoms with E-state index in [1.165, 1.54) is 8.71 Å². The highest BCUT2D eigenvalue weighted by Gasteiger charge is 2.29. The predicted octanol–water partition coefficient (Wildman–Crippen LogP) is 1.26. The standard InChI is InChI=1S/C25H24ClN5O4S/c26-22-10-9-19(16-27-22)17-31-23-8-4-5-11-30(23)24(32)21(25(31)33)18-28-12-14-29(15-13-28)36(34,35)20-6-2-1-3-7-20/h1-11,16H,12-15,17-18H2. The molecular formula is C25H24ClN5O4S. The molecule has 0 bridgehead atoms. The van der Waals surface area contributed by atoms with Gasteiger partial charge < -0.3 is 5.11 Å². The minimum Gasteiger partial charge on any atom is -0.842 e. The second-order valence-corrected chi connectivity index (χ2v) is 10.9. The largest absolute Gasteiger partial charge is 0.842 e. The molecule has 0 unspecified atom stereocenters. The summed E-state index contributed by atoms with van der Waals surface area (Å²) in [5.74, 6) is -0.375. The van der Waals surface area contributed by atoms with Gasteiger partial charge in [0, 0.05) is 50.6 Å². The highest BCUT2D eigenvalue weighted by atomic mass is 35.5. The Hall–Kier alpha value is -3.31. The van der Waals surface area contributed by atoms with Gasteiger partial charge in [0.15, 0.2) is 0 Å². The molecule has 0 aliphatic carbocycles. The van der Waals surface area contributed by atoms with E-state index in [1.807, 2.05) is 4.90 Å². The monoisotopic (exact) mass is 525 g/mol. The van der Waals surface area contributed by atoms with Crippen LogP contribution >= 0.6 is 11.6 Å². The number of halogens is 1. The summed E-state index contributed by atoms with van der Waals surface area (Å²) in [4.78, 5) is 19.6. The molecule has 9 nitrogen and oxygen atoms in total. The lowest BCUT2D eigenvalue weighted by Crippen LogP contribution is -2.50. The summed E-state index contributed by atoms with van der Waals surface area (Å²) in [5.41, 5.74) is 1.02. The molecule has 1 aromatic carbocycles. The summed E-state index contributed by atoms with van der Waals surface area (Å²) < 4.78 is 30.3. The Morgan fingerprint density at radius 3 is 2.39 bits per heavy atom. The average Bonchev–Trinajstić information content (AvgIpc) is 2.91. The quantitative estimate of drug-likeness (QED) is 0.277. The molecular weight excluding hydrogens is 502 g/mol. The van der Waals surface area contributed by atoms with Crippen LogP contribution in [-0.2, 0) is 23.1 Å². The van der Waals surface area contributed by atoms with Crippen molar-refractivity contribution in [1.29, 1.82) is 0 Å². The Balaban J connectivity index is 1.41. The summed E-state index contributed by atoms with van der Waals surface area (Å²) in [5, 5.41) is 13.9. The van der Waals surface area contributed by atoms with Crippen LogP contribution in [0.4, 0.5) is 0 Å². The van der Waals surface area contributed by atoms with Crippen molar-refractivity contribution in [1.82, 2.24) is 18.6 Å². The number of fused-ring (bicyclic) bond motifs is 1. The zero-order valence-corrected chi connectivity index (χ0v) is 20.9. The van der Waals surface area contributed by atoms with E-state index in [-0.39, 0.29) is 48.1 Å². The number of hydrogen-bond acceptors (Lipinski definition) is 6. The van der Waals surface area contributed by atoms with E-state index in [4.69, 9.17) is 11.6 Å². The SMILES string of the molecule is O=c1c(CN2CCN(S(=O)(=O)c3ccccc3)CC2)c([O-])[n+](Cc2ccc(Cl)nc2)c2ccccn12. The third kappa shape index (κ3) is 4.72. The van der Waals surface area contributed by atoms with Crippen molar-refractivity contribution in [3.63, 3.8) is 0 Å². The molecule has 1 aliphatic rings. The van der Waals surface area contributed by atoms with Crippen LogP contribution in [0, 0.1) is 0 Å². The third-order valence-corrected chi connectivity index (χ3v) is 8.45. The predicted molar refractivity (Wildman–Crippen MR) is 132 cm³/mol. The summed E-state index contributed by atoms with van der Waals surface area (Å²) >= 11 is 5.90. The van der Waals surface area contributed by atoms with E-state index in [2.05, 4.69) is 4.98 Å². The zero-order chi connectivity index (χ0) is 25.3. The minimum atomic E-state index is -3.59. The van der Waals surface area contributed by atoms with Gasteiger partial charge in [-0.2, -0.15) is 8.71 Å². The van der Waals surface area contributed by atoms with E-state index >= 15 is 0 Å². The number of benzene rings is 1. The molecule has 0 saturated carbocycles. The van der Waals surface area contributed by atoms with E-state index in [0.717, 1.165) is 5.56 Å². The number of sulfonamides is 1. The first-order valence-electron chi connectivity index (χ1n) is 11.5. The van der Waals surface area contributed by atoms with Crippen molar-refractivity contribution in [2.45, 2.75) is 18.0 Å². The second-order valence-electron chi connectivity index (χ2n) is 8.59. The van der Waals surface area contributed by atoms with E-state index in [0.29, 0.717) is 23.9 Å². The highest BCUT2D eigenvalue weighted by molar-refractivity contribution is 7.89. The first-order valence-corrected chi connectivity index (χ1v) is 13.3. The van der Waals surface area contributed by atoms with E-state index in [9.17, 15) is 18.3 Å². The molecule has 5 rings (SSSR count). The molecule has 3 aromatic heterocycles. The van der Waals surface area contributed by atoms with Crippen LogP contribution in [0.1, 0.15) is 11.1 Å². The van der Waals surface area contributed by atoms with Gasteiger partial charge in [0.05, 0.1) is 22.5 Å². The molecule has 0 amide bonds. The number of piperazine rings is 1. The van der Waals surface area contributed by atoms with Gasteiger partial charge in [0.25, 0.3) is 5.65 Å². The zero-order valence-electron chi connectivity index (χ0n) is 19.3. The fourth-order valence-corrected chi connectivity index (χ4v) is 5.95. The molecule has 11 heteroatoms. The first kappa shape index (κ1) is 24.4. The van der Waals surface area contributed by atoms with E-state index < -0.39 is 10.0 Å². The van der Waals surface area contributed by atoms with Crippen LogP contribution in [0.2, 0.25) is 5.15 Å². The van der Waals surface area contributed by atoms with Crippen LogP contribution in [0.25, 0.3) is 5.65 Å². The summed E-state index contributed by atoms with van der Waals surface area (Å²) in [6.45, 7) is 1.72. The van der Waals surface area contributed by atoms with Gasteiger partial charge in [-0.15, -0.1) is 0 Å². The number of hydrogen-bond donors (Lipinski definition) is 0. The van der Waals surface area contributed by atoms with Gasteiger partial charge in [-0.1, -0.05) is 41.9 Å². The lowest BCUT2D eigenvalue weighted by molar-refractivity contribution is -0.709. The Kier molecular flexibility index (Phi) is 6.76. The maximum Gasteiger partial charge on any atom is 0.346 e. The van der Waals surface area contributed by atoms with Gasteiger partial charge >= 0.3 is 5.56 Å². The fraction of sp³-hybridized carbons (Fsp3) is 0.240. The van der Waals surface area contributed by atoms with Crippen molar-refractivity contribution in [2.24, 2.45) is 0 Å².